The van der Waals surface area contributed by atoms with Gasteiger partial charge in [-0.1, -0.05) is 20.8 Å². The van der Waals surface area contributed by atoms with Crippen molar-refractivity contribution in [1.29, 1.82) is 0 Å². The highest BCUT2D eigenvalue weighted by atomic mass is 16.5. The number of hydrogen-bond donors (Lipinski definition) is 1. The summed E-state index contributed by atoms with van der Waals surface area (Å²) >= 11 is 0. The Labute approximate surface area is 128 Å². The highest BCUT2D eigenvalue weighted by molar-refractivity contribution is 5.95. The summed E-state index contributed by atoms with van der Waals surface area (Å²) in [5, 5.41) is 3.52. The van der Waals surface area contributed by atoms with E-state index < -0.39 is 11.4 Å². The van der Waals surface area contributed by atoms with E-state index in [9.17, 15) is 9.59 Å². The number of pyridine rings is 2. The Balaban J connectivity index is 2.32. The topological polar surface area (TPSA) is 81.2 Å². The van der Waals surface area contributed by atoms with Gasteiger partial charge in [0.05, 0.1) is 6.61 Å². The van der Waals surface area contributed by atoms with Crippen molar-refractivity contribution in [3.05, 3.63) is 30.0 Å². The lowest BCUT2D eigenvalue weighted by atomic mass is 9.96. The van der Waals surface area contributed by atoms with Crippen molar-refractivity contribution in [2.45, 2.75) is 27.7 Å². The maximum Gasteiger partial charge on any atom is 0.357 e. The van der Waals surface area contributed by atoms with Crippen molar-refractivity contribution in [2.75, 3.05) is 11.9 Å². The first-order valence-corrected chi connectivity index (χ1v) is 7.07. The fourth-order valence-electron chi connectivity index (χ4n) is 1.69. The highest BCUT2D eigenvalue weighted by Gasteiger charge is 2.21. The first-order valence-electron chi connectivity index (χ1n) is 7.07. The minimum Gasteiger partial charge on any atom is -0.461 e. The number of aromatic nitrogens is 2. The molecule has 2 rings (SSSR count). The number of nitrogens with one attached hydrogen (secondary N) is 1. The average Bonchev–Trinajstić information content (AvgIpc) is 2.45. The molecule has 0 aromatic carbocycles. The van der Waals surface area contributed by atoms with Gasteiger partial charge in [0.25, 0.3) is 0 Å². The lowest BCUT2D eigenvalue weighted by Crippen LogP contribution is -2.28. The van der Waals surface area contributed by atoms with Gasteiger partial charge in [-0.15, -0.1) is 0 Å². The molecule has 2 aromatic heterocycles. The second-order valence-corrected chi connectivity index (χ2v) is 5.86. The quantitative estimate of drug-likeness (QED) is 0.882. The van der Waals surface area contributed by atoms with Crippen molar-refractivity contribution in [3.8, 4) is 0 Å². The van der Waals surface area contributed by atoms with Crippen LogP contribution in [0, 0.1) is 5.41 Å². The summed E-state index contributed by atoms with van der Waals surface area (Å²) in [6, 6.07) is 6.84. The zero-order valence-electron chi connectivity index (χ0n) is 13.1. The van der Waals surface area contributed by atoms with Crippen LogP contribution < -0.4 is 5.32 Å². The van der Waals surface area contributed by atoms with Crippen molar-refractivity contribution < 1.29 is 14.3 Å². The average molecular weight is 301 g/mol. The van der Waals surface area contributed by atoms with E-state index in [1.54, 1.807) is 31.2 Å². The van der Waals surface area contributed by atoms with Crippen LogP contribution in [0.1, 0.15) is 38.2 Å². The first kappa shape index (κ1) is 15.9. The predicted molar refractivity (Wildman–Crippen MR) is 83.6 cm³/mol. The van der Waals surface area contributed by atoms with E-state index in [1.807, 2.05) is 20.8 Å². The molecule has 0 saturated heterocycles. The molecule has 0 aliphatic heterocycles. The largest absolute Gasteiger partial charge is 0.461 e. The lowest BCUT2D eigenvalue weighted by molar-refractivity contribution is -0.123. The smallest absolute Gasteiger partial charge is 0.357 e. The Hall–Kier alpha value is -2.50. The Morgan fingerprint density at radius 2 is 1.82 bits per heavy atom. The van der Waals surface area contributed by atoms with Crippen molar-refractivity contribution >= 4 is 28.7 Å². The molecule has 116 valence electrons. The molecule has 6 heteroatoms. The van der Waals surface area contributed by atoms with E-state index in [2.05, 4.69) is 15.3 Å². The van der Waals surface area contributed by atoms with Crippen LogP contribution >= 0.6 is 0 Å². The summed E-state index contributed by atoms with van der Waals surface area (Å²) < 4.78 is 4.92. The monoisotopic (exact) mass is 301 g/mol. The van der Waals surface area contributed by atoms with Crippen LogP contribution in [0.25, 0.3) is 11.0 Å². The van der Waals surface area contributed by atoms with E-state index >= 15 is 0 Å². The van der Waals surface area contributed by atoms with E-state index in [0.717, 1.165) is 5.39 Å². The molecule has 0 fully saturated rings. The zero-order valence-corrected chi connectivity index (χ0v) is 13.1. The van der Waals surface area contributed by atoms with Gasteiger partial charge in [-0.05, 0) is 31.2 Å². The minimum absolute atomic E-state index is 0.138. The van der Waals surface area contributed by atoms with Gasteiger partial charge in [0.2, 0.25) is 5.91 Å². The number of hydrogen-bond acceptors (Lipinski definition) is 5. The third-order valence-electron chi connectivity index (χ3n) is 2.96. The molecule has 1 N–H and O–H groups in total. The predicted octanol–water partition coefficient (Wildman–Crippen LogP) is 2.79. The number of nitrogens with zero attached hydrogens (tertiary/aromatic N) is 2. The van der Waals surface area contributed by atoms with Crippen LogP contribution in [0.3, 0.4) is 0 Å². The Kier molecular flexibility index (Phi) is 4.40. The van der Waals surface area contributed by atoms with Crippen LogP contribution in [-0.2, 0) is 9.53 Å². The van der Waals surface area contributed by atoms with Crippen LogP contribution in [-0.4, -0.2) is 28.5 Å². The molecule has 0 aliphatic carbocycles. The fraction of sp³-hybridized carbons (Fsp3) is 0.375. The maximum absolute atomic E-state index is 12.0. The fourth-order valence-corrected chi connectivity index (χ4v) is 1.69. The molecule has 0 saturated carbocycles. The molecule has 0 spiro atoms. The van der Waals surface area contributed by atoms with Gasteiger partial charge in [-0.2, -0.15) is 0 Å². The van der Waals surface area contributed by atoms with Crippen LogP contribution in [0.4, 0.5) is 5.82 Å². The molecule has 0 atom stereocenters. The van der Waals surface area contributed by atoms with Gasteiger partial charge in [0.15, 0.2) is 11.3 Å². The second kappa shape index (κ2) is 6.09. The second-order valence-electron chi connectivity index (χ2n) is 5.86. The summed E-state index contributed by atoms with van der Waals surface area (Å²) in [5.74, 6) is -0.225. The molecule has 22 heavy (non-hydrogen) atoms. The summed E-state index contributed by atoms with van der Waals surface area (Å²) in [7, 11) is 0. The van der Waals surface area contributed by atoms with Gasteiger partial charge in [-0.3, -0.25) is 4.79 Å². The Bertz CT molecular complexity index is 720. The van der Waals surface area contributed by atoms with E-state index in [4.69, 9.17) is 4.74 Å². The van der Waals surface area contributed by atoms with Gasteiger partial charge >= 0.3 is 5.97 Å². The molecule has 6 nitrogen and oxygen atoms in total. The third-order valence-corrected chi connectivity index (χ3v) is 2.96. The van der Waals surface area contributed by atoms with Gasteiger partial charge in [0, 0.05) is 10.8 Å². The van der Waals surface area contributed by atoms with Gasteiger partial charge in [0.1, 0.15) is 5.82 Å². The number of carbonyl (C=O) groups is 2. The lowest BCUT2D eigenvalue weighted by Gasteiger charge is -2.17. The number of ether oxygens (including phenoxy) is 1. The molecule has 0 bridgehead atoms. The molecule has 0 unspecified atom stereocenters. The van der Waals surface area contributed by atoms with Crippen molar-refractivity contribution in [3.63, 3.8) is 0 Å². The van der Waals surface area contributed by atoms with Crippen molar-refractivity contribution in [1.82, 2.24) is 9.97 Å². The SMILES string of the molecule is CCOC(=O)c1ccc2ccc(NC(=O)C(C)(C)C)nc2n1. The molecular weight excluding hydrogens is 282 g/mol. The standard InChI is InChI=1S/C16H19N3O3/c1-5-22-14(20)11-8-6-10-7-9-12(18-13(10)17-11)19-15(21)16(2,3)4/h6-9H,5H2,1-4H3,(H,17,18,19,21). The first-order chi connectivity index (χ1) is 10.3. The number of rotatable bonds is 3. The highest BCUT2D eigenvalue weighted by Crippen LogP contribution is 2.18. The van der Waals surface area contributed by atoms with Crippen LogP contribution in [0.15, 0.2) is 24.3 Å². The number of fused-ring (bicyclic) bond motifs is 1. The number of amides is 1. The van der Waals surface area contributed by atoms with E-state index in [-0.39, 0.29) is 18.2 Å². The minimum atomic E-state index is -0.517. The van der Waals surface area contributed by atoms with Gasteiger partial charge in [-0.25, -0.2) is 14.8 Å². The summed E-state index contributed by atoms with van der Waals surface area (Å²) in [5.41, 5.74) is 0.0648. The summed E-state index contributed by atoms with van der Waals surface area (Å²) in [6.45, 7) is 7.48. The Morgan fingerprint density at radius 3 is 2.45 bits per heavy atom. The van der Waals surface area contributed by atoms with Crippen LogP contribution in [0.2, 0.25) is 0 Å². The molecular formula is C16H19N3O3. The van der Waals surface area contributed by atoms with Crippen molar-refractivity contribution in [2.24, 2.45) is 5.41 Å². The molecule has 1 amide bonds. The zero-order chi connectivity index (χ0) is 16.3. The third kappa shape index (κ3) is 3.58. The maximum atomic E-state index is 12.0. The van der Waals surface area contributed by atoms with E-state index in [1.165, 1.54) is 0 Å². The molecule has 0 radical (unpaired) electrons. The Morgan fingerprint density at radius 1 is 1.14 bits per heavy atom. The van der Waals surface area contributed by atoms with Crippen LogP contribution in [0.5, 0.6) is 0 Å². The normalized spacial score (nSPS) is 11.3. The summed E-state index contributed by atoms with van der Waals surface area (Å²) in [6.07, 6.45) is 0. The number of anilines is 1. The number of esters is 1. The number of carbonyl (C=O) groups excluding carboxylic acids is 2. The summed E-state index contributed by atoms with van der Waals surface area (Å²) in [4.78, 5) is 32.2. The molecule has 2 aromatic rings. The molecule has 0 aliphatic rings. The van der Waals surface area contributed by atoms with Gasteiger partial charge < -0.3 is 10.1 Å². The molecule has 2 heterocycles. The van der Waals surface area contributed by atoms with E-state index in [0.29, 0.717) is 11.5 Å².